The number of rotatable bonds is 6. The fourth-order valence-electron chi connectivity index (χ4n) is 1.64. The van der Waals surface area contributed by atoms with E-state index < -0.39 is 10.0 Å². The quantitative estimate of drug-likeness (QED) is 0.684. The van der Waals surface area contributed by atoms with Crippen molar-refractivity contribution in [2.75, 3.05) is 39.6 Å². The van der Waals surface area contributed by atoms with Crippen molar-refractivity contribution in [3.05, 3.63) is 0 Å². The second kappa shape index (κ2) is 5.79. The highest BCUT2D eigenvalue weighted by atomic mass is 32.2. The average Bonchev–Trinajstić information content (AvgIpc) is 2.65. The number of sulfonamides is 1. The van der Waals surface area contributed by atoms with Crippen molar-refractivity contribution < 1.29 is 13.2 Å². The molecule has 0 aromatic rings. The summed E-state index contributed by atoms with van der Waals surface area (Å²) in [6.45, 7) is 1.79. The fourth-order valence-corrected chi connectivity index (χ4v) is 3.04. The first-order chi connectivity index (χ1) is 7.06. The summed E-state index contributed by atoms with van der Waals surface area (Å²) in [5.41, 5.74) is 0. The van der Waals surface area contributed by atoms with Crippen LogP contribution in [0.25, 0.3) is 0 Å². The van der Waals surface area contributed by atoms with Gasteiger partial charge in [-0.3, -0.25) is 0 Å². The second-order valence-electron chi connectivity index (χ2n) is 3.89. The highest BCUT2D eigenvalue weighted by Gasteiger charge is 2.25. The van der Waals surface area contributed by atoms with Crippen molar-refractivity contribution in [3.63, 3.8) is 0 Å². The Bertz CT molecular complexity index is 273. The molecule has 5 nitrogen and oxygen atoms in total. The predicted molar refractivity (Wildman–Crippen MR) is 59.3 cm³/mol. The lowest BCUT2D eigenvalue weighted by Gasteiger charge is -2.19. The molecule has 1 N–H and O–H groups in total. The number of hydrogen-bond acceptors (Lipinski definition) is 4. The first-order valence-electron chi connectivity index (χ1n) is 5.22. The van der Waals surface area contributed by atoms with Crippen LogP contribution in [0.4, 0.5) is 0 Å². The first-order valence-corrected chi connectivity index (χ1v) is 6.83. The molecule has 1 unspecified atom stereocenters. The van der Waals surface area contributed by atoms with E-state index in [1.807, 2.05) is 0 Å². The van der Waals surface area contributed by atoms with Gasteiger partial charge >= 0.3 is 0 Å². The Morgan fingerprint density at radius 2 is 2.27 bits per heavy atom. The van der Waals surface area contributed by atoms with Gasteiger partial charge in [-0.05, 0) is 19.4 Å². The van der Waals surface area contributed by atoms with Crippen LogP contribution in [0.3, 0.4) is 0 Å². The van der Waals surface area contributed by atoms with Gasteiger partial charge in [-0.15, -0.1) is 0 Å². The number of methoxy groups -OCH3 is 1. The maximum atomic E-state index is 11.8. The van der Waals surface area contributed by atoms with Crippen molar-refractivity contribution >= 4 is 10.0 Å². The molecule has 1 aliphatic rings. The Morgan fingerprint density at radius 1 is 1.53 bits per heavy atom. The van der Waals surface area contributed by atoms with Gasteiger partial charge in [0.25, 0.3) is 0 Å². The molecule has 1 rings (SSSR count). The van der Waals surface area contributed by atoms with E-state index in [9.17, 15) is 8.42 Å². The van der Waals surface area contributed by atoms with Crippen molar-refractivity contribution in [1.29, 1.82) is 0 Å². The normalized spacial score (nSPS) is 22.5. The Balaban J connectivity index is 2.42. The van der Waals surface area contributed by atoms with Crippen LogP contribution in [0.2, 0.25) is 0 Å². The molecular weight excluding hydrogens is 216 g/mol. The van der Waals surface area contributed by atoms with Gasteiger partial charge in [-0.25, -0.2) is 12.7 Å². The zero-order chi connectivity index (χ0) is 11.3. The van der Waals surface area contributed by atoms with Crippen LogP contribution in [0.15, 0.2) is 0 Å². The van der Waals surface area contributed by atoms with Gasteiger partial charge in [-0.2, -0.15) is 0 Å². The molecule has 1 heterocycles. The van der Waals surface area contributed by atoms with E-state index in [1.165, 1.54) is 4.31 Å². The molecule has 1 aliphatic heterocycles. The van der Waals surface area contributed by atoms with Gasteiger partial charge in [0.2, 0.25) is 10.0 Å². The minimum Gasteiger partial charge on any atom is -0.383 e. The third-order valence-corrected chi connectivity index (χ3v) is 4.62. The Kier molecular flexibility index (Phi) is 4.98. The van der Waals surface area contributed by atoms with Crippen molar-refractivity contribution in [2.45, 2.75) is 18.9 Å². The van der Waals surface area contributed by atoms with Crippen LogP contribution in [0.5, 0.6) is 0 Å². The standard InChI is InChI=1S/C9H20N2O3S/c1-11(6-7-14-2)15(12,13)8-9-4-3-5-10-9/h9-10H,3-8H2,1-2H3. The minimum atomic E-state index is -3.13. The lowest BCUT2D eigenvalue weighted by molar-refractivity contribution is 0.185. The van der Waals surface area contributed by atoms with E-state index >= 15 is 0 Å². The number of nitrogens with one attached hydrogen (secondary N) is 1. The van der Waals surface area contributed by atoms with Gasteiger partial charge in [0.05, 0.1) is 12.4 Å². The summed E-state index contributed by atoms with van der Waals surface area (Å²) < 4.78 is 29.9. The van der Waals surface area contributed by atoms with E-state index in [0.717, 1.165) is 19.4 Å². The number of ether oxygens (including phenoxy) is 1. The maximum absolute atomic E-state index is 11.8. The number of hydrogen-bond donors (Lipinski definition) is 1. The Hall–Kier alpha value is -0.170. The molecule has 0 amide bonds. The molecule has 90 valence electrons. The highest BCUT2D eigenvalue weighted by Crippen LogP contribution is 2.09. The van der Waals surface area contributed by atoms with Crippen LogP contribution >= 0.6 is 0 Å². The highest BCUT2D eigenvalue weighted by molar-refractivity contribution is 7.89. The summed E-state index contributed by atoms with van der Waals surface area (Å²) in [7, 11) is 0.0438. The summed E-state index contributed by atoms with van der Waals surface area (Å²) in [6, 6.07) is 0.125. The smallest absolute Gasteiger partial charge is 0.215 e. The van der Waals surface area contributed by atoms with Crippen LogP contribution in [-0.2, 0) is 14.8 Å². The molecule has 0 aliphatic carbocycles. The zero-order valence-corrected chi connectivity index (χ0v) is 10.2. The van der Waals surface area contributed by atoms with Gasteiger partial charge in [0.15, 0.2) is 0 Å². The zero-order valence-electron chi connectivity index (χ0n) is 9.40. The molecule has 0 aromatic heterocycles. The molecule has 0 spiro atoms. The van der Waals surface area contributed by atoms with E-state index in [-0.39, 0.29) is 11.8 Å². The van der Waals surface area contributed by atoms with Crippen molar-refractivity contribution in [2.24, 2.45) is 0 Å². The van der Waals surface area contributed by atoms with E-state index in [0.29, 0.717) is 13.2 Å². The summed E-state index contributed by atoms with van der Waals surface area (Å²) >= 11 is 0. The summed E-state index contributed by atoms with van der Waals surface area (Å²) in [5.74, 6) is 0.202. The molecule has 0 saturated carbocycles. The molecule has 1 saturated heterocycles. The number of nitrogens with zero attached hydrogens (tertiary/aromatic N) is 1. The topological polar surface area (TPSA) is 58.6 Å². The van der Waals surface area contributed by atoms with Gasteiger partial charge in [-0.1, -0.05) is 0 Å². The van der Waals surface area contributed by atoms with E-state index in [1.54, 1.807) is 14.2 Å². The molecule has 0 bridgehead atoms. The molecule has 15 heavy (non-hydrogen) atoms. The molecule has 0 aromatic carbocycles. The van der Waals surface area contributed by atoms with Gasteiger partial charge < -0.3 is 10.1 Å². The van der Waals surface area contributed by atoms with E-state index in [4.69, 9.17) is 4.74 Å². The third kappa shape index (κ3) is 4.06. The van der Waals surface area contributed by atoms with Crippen LogP contribution in [0, 0.1) is 0 Å². The minimum absolute atomic E-state index is 0.125. The SMILES string of the molecule is COCCN(C)S(=O)(=O)CC1CCCN1. The van der Waals surface area contributed by atoms with Crippen molar-refractivity contribution in [3.8, 4) is 0 Å². The largest absolute Gasteiger partial charge is 0.383 e. The van der Waals surface area contributed by atoms with Gasteiger partial charge in [0, 0.05) is 26.7 Å². The third-order valence-electron chi connectivity index (χ3n) is 2.66. The summed E-state index contributed by atoms with van der Waals surface area (Å²) in [5, 5.41) is 3.19. The molecule has 0 radical (unpaired) electrons. The molecule has 1 atom stereocenters. The van der Waals surface area contributed by atoms with Crippen LogP contribution in [0.1, 0.15) is 12.8 Å². The second-order valence-corrected chi connectivity index (χ2v) is 6.01. The number of likely N-dealkylation sites (N-methyl/N-ethyl adjacent to an activating group) is 1. The lowest BCUT2D eigenvalue weighted by Crippen LogP contribution is -2.39. The Labute approximate surface area is 91.8 Å². The lowest BCUT2D eigenvalue weighted by atomic mass is 10.3. The Morgan fingerprint density at radius 3 is 2.80 bits per heavy atom. The van der Waals surface area contributed by atoms with Crippen LogP contribution in [-0.4, -0.2) is 58.4 Å². The fraction of sp³-hybridized carbons (Fsp3) is 1.00. The first kappa shape index (κ1) is 12.9. The summed E-state index contributed by atoms with van der Waals surface area (Å²) in [6.07, 6.45) is 2.03. The molecular formula is C9H20N2O3S. The average molecular weight is 236 g/mol. The van der Waals surface area contributed by atoms with E-state index in [2.05, 4.69) is 5.32 Å². The monoisotopic (exact) mass is 236 g/mol. The summed E-state index contributed by atoms with van der Waals surface area (Å²) in [4.78, 5) is 0. The predicted octanol–water partition coefficient (Wildman–Crippen LogP) is -0.354. The maximum Gasteiger partial charge on any atom is 0.215 e. The van der Waals surface area contributed by atoms with Crippen molar-refractivity contribution in [1.82, 2.24) is 9.62 Å². The van der Waals surface area contributed by atoms with Crippen LogP contribution < -0.4 is 5.32 Å². The molecule has 1 fully saturated rings. The van der Waals surface area contributed by atoms with Gasteiger partial charge in [0.1, 0.15) is 0 Å². The molecule has 6 heteroatoms.